The first-order valence-corrected chi connectivity index (χ1v) is 7.91. The molecule has 3 heterocycles. The van der Waals surface area contributed by atoms with E-state index >= 15 is 0 Å². The largest absolute Gasteiger partial charge is 0.503 e. The number of benzene rings is 1. The average molecular weight is 350 g/mol. The molecule has 26 heavy (non-hydrogen) atoms. The van der Waals surface area contributed by atoms with Crippen molar-refractivity contribution in [1.29, 1.82) is 0 Å². The van der Waals surface area contributed by atoms with Crippen LogP contribution in [0.15, 0.2) is 75.1 Å². The molecule has 4 rings (SSSR count). The lowest BCUT2D eigenvalue weighted by Gasteiger charge is -2.24. The van der Waals surface area contributed by atoms with Gasteiger partial charge in [-0.05, 0) is 24.6 Å². The van der Waals surface area contributed by atoms with Crippen LogP contribution in [0.3, 0.4) is 0 Å². The van der Waals surface area contributed by atoms with E-state index in [0.717, 1.165) is 0 Å². The first-order chi connectivity index (χ1) is 12.6. The van der Waals surface area contributed by atoms with Crippen LogP contribution in [0.25, 0.3) is 0 Å². The minimum atomic E-state index is -0.842. The molecule has 0 spiro atoms. The van der Waals surface area contributed by atoms with Gasteiger partial charge < -0.3 is 14.0 Å². The summed E-state index contributed by atoms with van der Waals surface area (Å²) < 4.78 is 10.2. The molecule has 1 amide bonds. The molecular formula is C19H14N2O5. The molecule has 1 atom stereocenters. The maximum atomic E-state index is 12.9. The number of furan rings is 1. The van der Waals surface area contributed by atoms with Gasteiger partial charge >= 0.3 is 0 Å². The number of anilines is 1. The summed E-state index contributed by atoms with van der Waals surface area (Å²) in [5.74, 6) is -1.14. The van der Waals surface area contributed by atoms with Gasteiger partial charge in [0.05, 0.1) is 17.9 Å². The van der Waals surface area contributed by atoms with E-state index in [-0.39, 0.29) is 17.2 Å². The molecule has 0 aliphatic carbocycles. The Kier molecular flexibility index (Phi) is 3.69. The Morgan fingerprint density at radius 1 is 1.19 bits per heavy atom. The fraction of sp³-hybridized carbons (Fsp3) is 0.105. The Labute approximate surface area is 148 Å². The number of nitrogens with zero attached hydrogens (tertiary/aromatic N) is 2. The fourth-order valence-corrected chi connectivity index (χ4v) is 3.03. The highest BCUT2D eigenvalue weighted by Crippen LogP contribution is 2.41. The average Bonchev–Trinajstić information content (AvgIpc) is 3.37. The zero-order valence-electron chi connectivity index (χ0n) is 13.7. The second kappa shape index (κ2) is 6.03. The maximum Gasteiger partial charge on any atom is 0.295 e. The number of rotatable bonds is 4. The summed E-state index contributed by atoms with van der Waals surface area (Å²) in [5.41, 5.74) is 0.595. The fourth-order valence-electron chi connectivity index (χ4n) is 3.03. The number of carbonyl (C=O) groups excluding carboxylic acids is 2. The molecule has 0 bridgehead atoms. The minimum Gasteiger partial charge on any atom is -0.503 e. The molecule has 130 valence electrons. The number of hydrogen-bond donors (Lipinski definition) is 1. The Bertz CT molecular complexity index is 1000. The molecule has 0 saturated carbocycles. The van der Waals surface area contributed by atoms with Gasteiger partial charge in [-0.3, -0.25) is 14.5 Å². The number of amides is 1. The lowest BCUT2D eigenvalue weighted by atomic mass is 9.95. The molecule has 1 aliphatic rings. The standard InChI is InChI=1S/C19H14N2O5/c1-11-10-14(20-26-11)21-16(12-6-3-2-4-7-12)15(18(23)19(21)24)17(22)13-8-5-9-25-13/h2-10,16,23H,1H3/t16-/m0/s1. The van der Waals surface area contributed by atoms with Crippen molar-refractivity contribution >= 4 is 17.5 Å². The Balaban J connectivity index is 1.88. The molecule has 7 heteroatoms. The SMILES string of the molecule is Cc1cc(N2C(=O)C(O)=C(C(=O)c3ccco3)[C@@H]2c2ccccc2)no1. The van der Waals surface area contributed by atoms with Crippen LogP contribution in [-0.2, 0) is 4.79 Å². The number of carbonyl (C=O) groups is 2. The molecule has 0 unspecified atom stereocenters. The van der Waals surface area contributed by atoms with Gasteiger partial charge in [-0.1, -0.05) is 35.5 Å². The Hall–Kier alpha value is -3.61. The smallest absolute Gasteiger partial charge is 0.295 e. The summed E-state index contributed by atoms with van der Waals surface area (Å²) in [6.07, 6.45) is 1.36. The van der Waals surface area contributed by atoms with E-state index in [1.54, 1.807) is 43.3 Å². The molecule has 0 fully saturated rings. The van der Waals surface area contributed by atoms with Crippen molar-refractivity contribution in [2.75, 3.05) is 4.90 Å². The topological polar surface area (TPSA) is 96.8 Å². The van der Waals surface area contributed by atoms with Crippen molar-refractivity contribution in [3.63, 3.8) is 0 Å². The Morgan fingerprint density at radius 2 is 1.96 bits per heavy atom. The third kappa shape index (κ3) is 2.41. The van der Waals surface area contributed by atoms with Crippen molar-refractivity contribution in [3.05, 3.63) is 83.2 Å². The van der Waals surface area contributed by atoms with E-state index < -0.39 is 23.5 Å². The molecule has 0 radical (unpaired) electrons. The van der Waals surface area contributed by atoms with Crippen LogP contribution in [-0.4, -0.2) is 22.0 Å². The van der Waals surface area contributed by atoms with Crippen LogP contribution in [0.4, 0.5) is 5.82 Å². The first kappa shape index (κ1) is 15.9. The lowest BCUT2D eigenvalue weighted by Crippen LogP contribution is -2.31. The molecule has 1 aliphatic heterocycles. The number of aliphatic hydroxyl groups is 1. The summed E-state index contributed by atoms with van der Waals surface area (Å²) in [6, 6.07) is 12.7. The molecule has 1 N–H and O–H groups in total. The summed E-state index contributed by atoms with van der Waals surface area (Å²) in [4.78, 5) is 26.9. The lowest BCUT2D eigenvalue weighted by molar-refractivity contribution is -0.117. The van der Waals surface area contributed by atoms with Crippen LogP contribution < -0.4 is 4.90 Å². The predicted octanol–water partition coefficient (Wildman–Crippen LogP) is 3.36. The van der Waals surface area contributed by atoms with E-state index in [2.05, 4.69) is 5.16 Å². The van der Waals surface area contributed by atoms with Crippen molar-refractivity contribution in [3.8, 4) is 0 Å². The van der Waals surface area contributed by atoms with E-state index in [1.807, 2.05) is 6.07 Å². The van der Waals surface area contributed by atoms with Gasteiger partial charge in [0.25, 0.3) is 5.91 Å². The quantitative estimate of drug-likeness (QED) is 0.725. The van der Waals surface area contributed by atoms with Crippen LogP contribution in [0.2, 0.25) is 0 Å². The van der Waals surface area contributed by atoms with E-state index in [0.29, 0.717) is 11.3 Å². The van der Waals surface area contributed by atoms with Crippen molar-refractivity contribution in [1.82, 2.24) is 5.16 Å². The van der Waals surface area contributed by atoms with Gasteiger partial charge in [0, 0.05) is 6.07 Å². The minimum absolute atomic E-state index is 0.0402. The number of Topliss-reactive ketones (excluding diaryl/α,β-unsaturated/α-hetero) is 1. The highest BCUT2D eigenvalue weighted by atomic mass is 16.5. The number of aromatic nitrogens is 1. The van der Waals surface area contributed by atoms with Crippen molar-refractivity contribution < 1.29 is 23.6 Å². The van der Waals surface area contributed by atoms with Gasteiger partial charge in [0.15, 0.2) is 17.3 Å². The summed E-state index contributed by atoms with van der Waals surface area (Å²) in [5, 5.41) is 14.3. The number of aliphatic hydroxyl groups excluding tert-OH is 1. The summed E-state index contributed by atoms with van der Waals surface area (Å²) in [6.45, 7) is 1.69. The second-order valence-corrected chi connectivity index (χ2v) is 5.85. The molecule has 2 aromatic heterocycles. The van der Waals surface area contributed by atoms with E-state index in [9.17, 15) is 14.7 Å². The molecule has 0 saturated heterocycles. The van der Waals surface area contributed by atoms with Crippen molar-refractivity contribution in [2.24, 2.45) is 0 Å². The Morgan fingerprint density at radius 3 is 2.58 bits per heavy atom. The van der Waals surface area contributed by atoms with Gasteiger partial charge in [-0.15, -0.1) is 0 Å². The summed E-state index contributed by atoms with van der Waals surface area (Å²) in [7, 11) is 0. The van der Waals surface area contributed by atoms with Gasteiger partial charge in [-0.2, -0.15) is 0 Å². The highest BCUT2D eigenvalue weighted by Gasteiger charge is 2.46. The zero-order valence-corrected chi connectivity index (χ0v) is 13.7. The van der Waals surface area contributed by atoms with Crippen LogP contribution in [0.5, 0.6) is 0 Å². The zero-order chi connectivity index (χ0) is 18.3. The van der Waals surface area contributed by atoms with Gasteiger partial charge in [0.2, 0.25) is 5.78 Å². The number of ketones is 1. The van der Waals surface area contributed by atoms with Crippen LogP contribution in [0.1, 0.15) is 27.9 Å². The molecule has 3 aromatic rings. The second-order valence-electron chi connectivity index (χ2n) is 5.85. The summed E-state index contributed by atoms with van der Waals surface area (Å²) >= 11 is 0. The predicted molar refractivity (Wildman–Crippen MR) is 90.6 cm³/mol. The molecule has 1 aromatic carbocycles. The monoisotopic (exact) mass is 350 g/mol. The van der Waals surface area contributed by atoms with Crippen LogP contribution in [0, 0.1) is 6.92 Å². The maximum absolute atomic E-state index is 12.9. The van der Waals surface area contributed by atoms with Crippen molar-refractivity contribution in [2.45, 2.75) is 13.0 Å². The number of aryl methyl sites for hydroxylation is 1. The molecular weight excluding hydrogens is 336 g/mol. The number of hydrogen-bond acceptors (Lipinski definition) is 6. The van der Waals surface area contributed by atoms with Gasteiger partial charge in [-0.25, -0.2) is 0 Å². The van der Waals surface area contributed by atoms with Crippen LogP contribution >= 0.6 is 0 Å². The van der Waals surface area contributed by atoms with E-state index in [4.69, 9.17) is 8.94 Å². The normalized spacial score (nSPS) is 17.2. The first-order valence-electron chi connectivity index (χ1n) is 7.91. The van der Waals surface area contributed by atoms with E-state index in [1.165, 1.54) is 17.2 Å². The third-order valence-electron chi connectivity index (χ3n) is 4.18. The third-order valence-corrected chi connectivity index (χ3v) is 4.18. The van der Waals surface area contributed by atoms with Gasteiger partial charge in [0.1, 0.15) is 5.76 Å². The molecule has 7 nitrogen and oxygen atoms in total. The highest BCUT2D eigenvalue weighted by molar-refractivity contribution is 6.19.